The fourth-order valence-corrected chi connectivity index (χ4v) is 2.18. The van der Waals surface area contributed by atoms with Gasteiger partial charge in [0.15, 0.2) is 0 Å². The smallest absolute Gasteiger partial charge is 0.308 e. The van der Waals surface area contributed by atoms with Gasteiger partial charge in [-0.2, -0.15) is 0 Å². The van der Waals surface area contributed by atoms with Crippen LogP contribution in [0, 0.1) is 5.92 Å². The molecule has 2 N–H and O–H groups in total. The summed E-state index contributed by atoms with van der Waals surface area (Å²) in [4.78, 5) is 10.8. The molecule has 4 nitrogen and oxygen atoms in total. The molecular formula is C17H25NO3. The van der Waals surface area contributed by atoms with Crippen molar-refractivity contribution in [2.24, 2.45) is 5.92 Å². The van der Waals surface area contributed by atoms with Gasteiger partial charge < -0.3 is 15.2 Å². The van der Waals surface area contributed by atoms with Crippen molar-refractivity contribution in [1.29, 1.82) is 0 Å². The summed E-state index contributed by atoms with van der Waals surface area (Å²) in [5.41, 5.74) is 0.794. The number of rotatable bonds is 9. The van der Waals surface area contributed by atoms with Gasteiger partial charge in [0.05, 0.1) is 0 Å². The number of benzene rings is 1. The van der Waals surface area contributed by atoms with E-state index in [-0.39, 0.29) is 5.75 Å². The number of hydrogen-bond donors (Lipinski definition) is 2. The van der Waals surface area contributed by atoms with Crippen LogP contribution in [0.2, 0.25) is 0 Å². The van der Waals surface area contributed by atoms with Gasteiger partial charge in [-0.25, -0.2) is 0 Å². The lowest BCUT2D eigenvalue weighted by molar-refractivity contribution is -0.131. The highest BCUT2D eigenvalue weighted by atomic mass is 16.5. The Labute approximate surface area is 126 Å². The zero-order chi connectivity index (χ0) is 15.7. The van der Waals surface area contributed by atoms with Crippen LogP contribution in [0.4, 0.5) is 0 Å². The summed E-state index contributed by atoms with van der Waals surface area (Å²) in [7, 11) is 0. The van der Waals surface area contributed by atoms with Crippen molar-refractivity contribution in [3.05, 3.63) is 36.4 Å². The molecule has 1 rings (SSSR count). The average Bonchev–Trinajstić information content (AvgIpc) is 2.43. The van der Waals surface area contributed by atoms with Gasteiger partial charge in [-0.05, 0) is 31.4 Å². The molecule has 0 radical (unpaired) electrons. The Kier molecular flexibility index (Phi) is 7.54. The molecule has 116 valence electrons. The zero-order valence-corrected chi connectivity index (χ0v) is 12.9. The molecule has 1 atom stereocenters. The molecule has 0 amide bonds. The van der Waals surface area contributed by atoms with E-state index in [1.807, 2.05) is 6.08 Å². The fraction of sp³-hybridized carbons (Fsp3) is 0.471. The highest BCUT2D eigenvalue weighted by Gasteiger charge is 2.06. The average molecular weight is 291 g/mol. The first-order valence-corrected chi connectivity index (χ1v) is 7.38. The number of phenols is 1. The normalized spacial score (nSPS) is 11.9. The minimum absolute atomic E-state index is 0.138. The molecule has 0 heterocycles. The number of ether oxygens (including phenoxy) is 1. The third-order valence-corrected chi connectivity index (χ3v) is 3.44. The fourth-order valence-electron chi connectivity index (χ4n) is 2.18. The Balaban J connectivity index is 2.41. The Morgan fingerprint density at radius 1 is 1.52 bits per heavy atom. The van der Waals surface area contributed by atoms with Gasteiger partial charge >= 0.3 is 5.97 Å². The third-order valence-electron chi connectivity index (χ3n) is 3.44. The second-order valence-corrected chi connectivity index (χ2v) is 5.15. The molecule has 0 spiro atoms. The highest BCUT2D eigenvalue weighted by molar-refractivity contribution is 5.69. The van der Waals surface area contributed by atoms with E-state index in [1.54, 1.807) is 12.1 Å². The summed E-state index contributed by atoms with van der Waals surface area (Å²) < 4.78 is 4.92. The number of carbonyl (C=O) groups is 1. The van der Waals surface area contributed by atoms with Gasteiger partial charge in [0.2, 0.25) is 0 Å². The van der Waals surface area contributed by atoms with E-state index in [0.717, 1.165) is 31.4 Å². The van der Waals surface area contributed by atoms with Crippen LogP contribution in [0.25, 0.3) is 0 Å². The minimum atomic E-state index is -0.395. The van der Waals surface area contributed by atoms with Crippen LogP contribution in [0.1, 0.15) is 38.7 Å². The Hall–Kier alpha value is -1.81. The third kappa shape index (κ3) is 6.45. The van der Waals surface area contributed by atoms with Crippen LogP contribution in [0.3, 0.4) is 0 Å². The van der Waals surface area contributed by atoms with Gasteiger partial charge in [-0.3, -0.25) is 4.79 Å². The maximum atomic E-state index is 10.8. The Morgan fingerprint density at radius 2 is 2.29 bits per heavy atom. The van der Waals surface area contributed by atoms with Crippen LogP contribution < -0.4 is 10.1 Å². The standard InChI is InChI=1S/C17H25NO3/c1-4-6-14(5-2)9-10-18-12-15-7-8-16(11-17(15)20)21-13(3)19/h4,7-8,11,14,18,20H,1,5-6,9-10,12H2,2-3H3. The summed E-state index contributed by atoms with van der Waals surface area (Å²) in [5, 5.41) is 13.2. The molecule has 0 aliphatic heterocycles. The molecule has 0 aromatic heterocycles. The van der Waals surface area contributed by atoms with E-state index in [2.05, 4.69) is 18.8 Å². The van der Waals surface area contributed by atoms with E-state index < -0.39 is 5.97 Å². The van der Waals surface area contributed by atoms with E-state index >= 15 is 0 Å². The molecule has 1 unspecified atom stereocenters. The molecule has 0 saturated carbocycles. The lowest BCUT2D eigenvalue weighted by Crippen LogP contribution is -2.17. The van der Waals surface area contributed by atoms with Crippen molar-refractivity contribution in [2.45, 2.75) is 39.7 Å². The topological polar surface area (TPSA) is 58.6 Å². The molecular weight excluding hydrogens is 266 g/mol. The van der Waals surface area contributed by atoms with E-state index in [1.165, 1.54) is 13.0 Å². The summed E-state index contributed by atoms with van der Waals surface area (Å²) in [6, 6.07) is 4.91. The van der Waals surface area contributed by atoms with Crippen molar-refractivity contribution in [3.63, 3.8) is 0 Å². The minimum Gasteiger partial charge on any atom is -0.507 e. The molecule has 4 heteroatoms. The van der Waals surface area contributed by atoms with E-state index in [4.69, 9.17) is 4.74 Å². The lowest BCUT2D eigenvalue weighted by Gasteiger charge is -2.13. The largest absolute Gasteiger partial charge is 0.507 e. The molecule has 1 aromatic rings. The SMILES string of the molecule is C=CCC(CC)CCNCc1ccc(OC(C)=O)cc1O. The van der Waals surface area contributed by atoms with Crippen LogP contribution in [-0.4, -0.2) is 17.6 Å². The molecule has 0 saturated heterocycles. The Bertz CT molecular complexity index is 471. The van der Waals surface area contributed by atoms with Crippen molar-refractivity contribution in [1.82, 2.24) is 5.32 Å². The number of hydrogen-bond acceptors (Lipinski definition) is 4. The zero-order valence-electron chi connectivity index (χ0n) is 12.9. The number of phenolic OH excluding ortho intramolecular Hbond substituents is 1. The lowest BCUT2D eigenvalue weighted by atomic mass is 9.98. The van der Waals surface area contributed by atoms with Gasteiger partial charge in [0.25, 0.3) is 0 Å². The molecule has 0 fully saturated rings. The van der Waals surface area contributed by atoms with E-state index in [0.29, 0.717) is 18.2 Å². The van der Waals surface area contributed by atoms with Gasteiger partial charge in [0, 0.05) is 25.1 Å². The second kappa shape index (κ2) is 9.19. The van der Waals surface area contributed by atoms with Crippen LogP contribution in [0.5, 0.6) is 11.5 Å². The number of aromatic hydroxyl groups is 1. The van der Waals surface area contributed by atoms with Gasteiger partial charge in [-0.15, -0.1) is 6.58 Å². The number of esters is 1. The number of carbonyl (C=O) groups excluding carboxylic acids is 1. The first-order chi connectivity index (χ1) is 10.1. The second-order valence-electron chi connectivity index (χ2n) is 5.15. The summed E-state index contributed by atoms with van der Waals surface area (Å²) in [6.07, 6.45) is 5.25. The maximum absolute atomic E-state index is 10.8. The number of allylic oxidation sites excluding steroid dienone is 1. The van der Waals surface area contributed by atoms with Crippen molar-refractivity contribution in [2.75, 3.05) is 6.54 Å². The summed E-state index contributed by atoms with van der Waals surface area (Å²) in [5.74, 6) is 0.767. The van der Waals surface area contributed by atoms with Crippen LogP contribution >= 0.6 is 0 Å². The quantitative estimate of drug-likeness (QED) is 0.317. The van der Waals surface area contributed by atoms with E-state index in [9.17, 15) is 9.90 Å². The molecule has 0 aliphatic rings. The monoisotopic (exact) mass is 291 g/mol. The van der Waals surface area contributed by atoms with Crippen molar-refractivity contribution in [3.8, 4) is 11.5 Å². The van der Waals surface area contributed by atoms with Gasteiger partial charge in [0.1, 0.15) is 11.5 Å². The summed E-state index contributed by atoms with van der Waals surface area (Å²) in [6.45, 7) is 8.79. The maximum Gasteiger partial charge on any atom is 0.308 e. The Morgan fingerprint density at radius 3 is 2.86 bits per heavy atom. The molecule has 1 aromatic carbocycles. The highest BCUT2D eigenvalue weighted by Crippen LogP contribution is 2.23. The molecule has 0 aliphatic carbocycles. The first kappa shape index (κ1) is 17.2. The summed E-state index contributed by atoms with van der Waals surface area (Å²) >= 11 is 0. The van der Waals surface area contributed by atoms with Crippen molar-refractivity contribution >= 4 is 5.97 Å². The van der Waals surface area contributed by atoms with Gasteiger partial charge in [-0.1, -0.05) is 25.5 Å². The predicted octanol–water partition coefficient (Wildman–Crippen LogP) is 3.40. The van der Waals surface area contributed by atoms with Crippen LogP contribution in [-0.2, 0) is 11.3 Å². The molecule has 0 bridgehead atoms. The molecule has 21 heavy (non-hydrogen) atoms. The van der Waals surface area contributed by atoms with Crippen molar-refractivity contribution < 1.29 is 14.6 Å². The number of nitrogens with one attached hydrogen (secondary N) is 1. The van der Waals surface area contributed by atoms with Crippen LogP contribution in [0.15, 0.2) is 30.9 Å². The first-order valence-electron chi connectivity index (χ1n) is 7.38. The predicted molar refractivity (Wildman–Crippen MR) is 84.3 cm³/mol.